The first-order valence-electron chi connectivity index (χ1n) is 9.60. The Morgan fingerprint density at radius 1 is 0.931 bits per heavy atom. The van der Waals surface area contributed by atoms with Crippen molar-refractivity contribution in [3.8, 4) is 11.5 Å². The minimum atomic E-state index is -3.91. The summed E-state index contributed by atoms with van der Waals surface area (Å²) in [5.41, 5.74) is 1.20. The first-order valence-corrected chi connectivity index (χ1v) is 11.1. The maximum atomic E-state index is 13.2. The third-order valence-corrected chi connectivity index (χ3v) is 7.14. The summed E-state index contributed by atoms with van der Waals surface area (Å²) in [6, 6.07) is 12.2. The van der Waals surface area contributed by atoms with E-state index in [1.807, 2.05) is 6.07 Å². The number of anilines is 2. The van der Waals surface area contributed by atoms with Crippen LogP contribution in [0.2, 0.25) is 0 Å². The quantitative estimate of drug-likeness (QED) is 0.755. The Balaban J connectivity index is 1.65. The van der Waals surface area contributed by atoms with Gasteiger partial charge in [-0.1, -0.05) is 12.1 Å². The number of likely N-dealkylation sites (tertiary alicyclic amines) is 1. The summed E-state index contributed by atoms with van der Waals surface area (Å²) >= 11 is 0. The van der Waals surface area contributed by atoms with Crippen LogP contribution in [-0.2, 0) is 14.6 Å². The van der Waals surface area contributed by atoms with Crippen LogP contribution in [-0.4, -0.2) is 45.5 Å². The van der Waals surface area contributed by atoms with E-state index in [1.165, 1.54) is 6.20 Å². The standard InChI is InChI=1S/C21H20N2O5S/c24-21(22-9-3-4-10-22)20-14-23(16-5-1-2-6-19(16)29(20,25)26)15-7-8-17-18(13-15)28-12-11-27-17/h1-2,5-8,13-14H,3-4,9-12H2. The van der Waals surface area contributed by atoms with Gasteiger partial charge in [0.2, 0.25) is 9.84 Å². The van der Waals surface area contributed by atoms with Crippen LogP contribution >= 0.6 is 0 Å². The lowest BCUT2D eigenvalue weighted by Crippen LogP contribution is -2.35. The molecule has 0 saturated carbocycles. The maximum Gasteiger partial charge on any atom is 0.267 e. The van der Waals surface area contributed by atoms with E-state index in [9.17, 15) is 13.2 Å². The Morgan fingerprint density at radius 3 is 2.45 bits per heavy atom. The third-order valence-electron chi connectivity index (χ3n) is 5.36. The minimum Gasteiger partial charge on any atom is -0.486 e. The molecule has 29 heavy (non-hydrogen) atoms. The van der Waals surface area contributed by atoms with E-state index in [1.54, 1.807) is 46.2 Å². The number of rotatable bonds is 2. The molecule has 0 bridgehead atoms. The van der Waals surface area contributed by atoms with E-state index in [0.29, 0.717) is 49.2 Å². The molecule has 150 valence electrons. The van der Waals surface area contributed by atoms with E-state index >= 15 is 0 Å². The van der Waals surface area contributed by atoms with Crippen molar-refractivity contribution in [2.45, 2.75) is 17.7 Å². The predicted molar refractivity (Wildman–Crippen MR) is 107 cm³/mol. The fourth-order valence-corrected chi connectivity index (χ4v) is 5.44. The zero-order valence-corrected chi connectivity index (χ0v) is 16.5. The fourth-order valence-electron chi connectivity index (χ4n) is 3.90. The van der Waals surface area contributed by atoms with Gasteiger partial charge in [-0.3, -0.25) is 4.79 Å². The van der Waals surface area contributed by atoms with Crippen LogP contribution in [0.1, 0.15) is 12.8 Å². The smallest absolute Gasteiger partial charge is 0.267 e. The average Bonchev–Trinajstić information content (AvgIpc) is 3.28. The number of carbonyl (C=O) groups excluding carboxylic acids is 1. The Morgan fingerprint density at radius 2 is 1.66 bits per heavy atom. The van der Waals surface area contributed by atoms with Gasteiger partial charge < -0.3 is 19.3 Å². The topological polar surface area (TPSA) is 76.1 Å². The summed E-state index contributed by atoms with van der Waals surface area (Å²) in [4.78, 5) is 16.3. The zero-order chi connectivity index (χ0) is 20.0. The number of carbonyl (C=O) groups is 1. The molecule has 3 aliphatic heterocycles. The predicted octanol–water partition coefficient (Wildman–Crippen LogP) is 2.85. The number of amides is 1. The third kappa shape index (κ3) is 2.95. The van der Waals surface area contributed by atoms with Crippen molar-refractivity contribution in [1.29, 1.82) is 0 Å². The lowest BCUT2D eigenvalue weighted by Gasteiger charge is -2.30. The molecular weight excluding hydrogens is 392 g/mol. The van der Waals surface area contributed by atoms with Crippen LogP contribution in [0.4, 0.5) is 11.4 Å². The van der Waals surface area contributed by atoms with Gasteiger partial charge >= 0.3 is 0 Å². The van der Waals surface area contributed by atoms with Crippen molar-refractivity contribution in [2.75, 3.05) is 31.2 Å². The molecule has 5 rings (SSSR count). The van der Waals surface area contributed by atoms with Crippen LogP contribution in [0, 0.1) is 0 Å². The minimum absolute atomic E-state index is 0.125. The molecule has 7 nitrogen and oxygen atoms in total. The highest BCUT2D eigenvalue weighted by Gasteiger charge is 2.38. The summed E-state index contributed by atoms with van der Waals surface area (Å²) < 4.78 is 37.7. The summed E-state index contributed by atoms with van der Waals surface area (Å²) in [6.45, 7) is 2.11. The summed E-state index contributed by atoms with van der Waals surface area (Å²) in [5.74, 6) is 0.801. The molecule has 1 fully saturated rings. The first-order chi connectivity index (χ1) is 14.1. The maximum absolute atomic E-state index is 13.2. The molecule has 0 unspecified atom stereocenters. The van der Waals surface area contributed by atoms with Gasteiger partial charge in [0.25, 0.3) is 5.91 Å². The number of sulfone groups is 1. The molecule has 1 amide bonds. The molecule has 8 heteroatoms. The van der Waals surface area contributed by atoms with Gasteiger partial charge in [0, 0.05) is 31.0 Å². The monoisotopic (exact) mass is 412 g/mol. The summed E-state index contributed by atoms with van der Waals surface area (Å²) in [5, 5.41) is 0. The lowest BCUT2D eigenvalue weighted by atomic mass is 10.2. The van der Waals surface area contributed by atoms with Crippen molar-refractivity contribution in [3.63, 3.8) is 0 Å². The largest absolute Gasteiger partial charge is 0.486 e. The number of fused-ring (bicyclic) bond motifs is 2. The Labute approximate surface area is 169 Å². The molecular formula is C21H20N2O5S. The molecule has 0 N–H and O–H groups in total. The van der Waals surface area contributed by atoms with Crippen molar-refractivity contribution in [1.82, 2.24) is 4.90 Å². The Hall–Kier alpha value is -3.00. The van der Waals surface area contributed by atoms with E-state index < -0.39 is 15.7 Å². The molecule has 3 heterocycles. The fraction of sp³-hybridized carbons (Fsp3) is 0.286. The van der Waals surface area contributed by atoms with Crippen LogP contribution in [0.3, 0.4) is 0 Å². The number of ether oxygens (including phenoxy) is 2. The number of para-hydroxylation sites is 1. The summed E-state index contributed by atoms with van der Waals surface area (Å²) in [6.07, 6.45) is 3.22. The molecule has 0 radical (unpaired) electrons. The molecule has 3 aliphatic rings. The van der Waals surface area contributed by atoms with Crippen LogP contribution in [0.5, 0.6) is 11.5 Å². The zero-order valence-electron chi connectivity index (χ0n) is 15.7. The second-order valence-corrected chi connectivity index (χ2v) is 9.05. The van der Waals surface area contributed by atoms with Crippen molar-refractivity contribution < 1.29 is 22.7 Å². The van der Waals surface area contributed by atoms with Crippen molar-refractivity contribution in [2.24, 2.45) is 0 Å². The van der Waals surface area contributed by atoms with Gasteiger partial charge in [0.1, 0.15) is 13.2 Å². The van der Waals surface area contributed by atoms with Gasteiger partial charge in [-0.25, -0.2) is 8.42 Å². The molecule has 2 aromatic carbocycles. The normalized spacial score (nSPS) is 19.5. The molecule has 0 spiro atoms. The number of hydrogen-bond donors (Lipinski definition) is 0. The first kappa shape index (κ1) is 18.1. The second-order valence-electron chi connectivity index (χ2n) is 7.16. The molecule has 0 aromatic heterocycles. The van der Waals surface area contributed by atoms with Gasteiger partial charge in [0.15, 0.2) is 16.4 Å². The Kier molecular flexibility index (Phi) is 4.24. The summed E-state index contributed by atoms with van der Waals surface area (Å²) in [7, 11) is -3.91. The number of benzene rings is 2. The van der Waals surface area contributed by atoms with Gasteiger partial charge in [-0.2, -0.15) is 0 Å². The molecule has 1 saturated heterocycles. The van der Waals surface area contributed by atoms with Crippen molar-refractivity contribution >= 4 is 27.1 Å². The number of hydrogen-bond acceptors (Lipinski definition) is 6. The van der Waals surface area contributed by atoms with Crippen LogP contribution in [0.15, 0.2) is 58.5 Å². The SMILES string of the molecule is O=C(C1=CN(c2ccc3c(c2)OCCO3)c2ccccc2S1(=O)=O)N1CCCC1. The molecule has 2 aromatic rings. The highest BCUT2D eigenvalue weighted by atomic mass is 32.2. The van der Waals surface area contributed by atoms with Crippen LogP contribution < -0.4 is 14.4 Å². The van der Waals surface area contributed by atoms with Crippen molar-refractivity contribution in [3.05, 3.63) is 53.6 Å². The van der Waals surface area contributed by atoms with E-state index in [2.05, 4.69) is 0 Å². The van der Waals surface area contributed by atoms with Crippen LogP contribution in [0.25, 0.3) is 0 Å². The van der Waals surface area contributed by atoms with Gasteiger partial charge in [-0.05, 0) is 37.1 Å². The highest BCUT2D eigenvalue weighted by molar-refractivity contribution is 7.96. The van der Waals surface area contributed by atoms with Gasteiger partial charge in [0.05, 0.1) is 10.6 Å². The average molecular weight is 412 g/mol. The van der Waals surface area contributed by atoms with E-state index in [4.69, 9.17) is 9.47 Å². The number of nitrogens with zero attached hydrogens (tertiary/aromatic N) is 2. The van der Waals surface area contributed by atoms with E-state index in [-0.39, 0.29) is 9.80 Å². The highest BCUT2D eigenvalue weighted by Crippen LogP contribution is 2.42. The Bertz CT molecular complexity index is 1120. The van der Waals surface area contributed by atoms with Gasteiger partial charge in [-0.15, -0.1) is 0 Å². The molecule has 0 aliphatic carbocycles. The van der Waals surface area contributed by atoms with E-state index in [0.717, 1.165) is 12.8 Å². The lowest BCUT2D eigenvalue weighted by molar-refractivity contribution is -0.125. The molecule has 0 atom stereocenters. The second kappa shape index (κ2) is 6.81.